The van der Waals surface area contributed by atoms with Gasteiger partial charge in [0.25, 0.3) is 0 Å². The van der Waals surface area contributed by atoms with E-state index in [1.165, 1.54) is 0 Å². The Balaban J connectivity index is 2.10. The molecular formula is C15H22BrN5O. The van der Waals surface area contributed by atoms with Gasteiger partial charge in [-0.2, -0.15) is 10.2 Å². The summed E-state index contributed by atoms with van der Waals surface area (Å²) in [7, 11) is 0. The summed E-state index contributed by atoms with van der Waals surface area (Å²) in [5.41, 5.74) is 2.92. The van der Waals surface area contributed by atoms with Crippen molar-refractivity contribution in [2.24, 2.45) is 0 Å². The van der Waals surface area contributed by atoms with Gasteiger partial charge in [0.15, 0.2) is 0 Å². The van der Waals surface area contributed by atoms with Crippen molar-refractivity contribution in [1.82, 2.24) is 24.9 Å². The van der Waals surface area contributed by atoms with E-state index in [-0.39, 0.29) is 18.0 Å². The molecule has 2 aromatic rings. The van der Waals surface area contributed by atoms with E-state index in [1.807, 2.05) is 45.5 Å². The maximum atomic E-state index is 12.5. The highest BCUT2D eigenvalue weighted by molar-refractivity contribution is 9.10. The lowest BCUT2D eigenvalue weighted by molar-refractivity contribution is -0.124. The van der Waals surface area contributed by atoms with Crippen LogP contribution in [0.2, 0.25) is 0 Å². The van der Waals surface area contributed by atoms with Gasteiger partial charge in [0.05, 0.1) is 28.1 Å². The number of aryl methyl sites for hydroxylation is 2. The lowest BCUT2D eigenvalue weighted by Gasteiger charge is -2.18. The minimum absolute atomic E-state index is 0.0603. The topological polar surface area (TPSA) is 64.7 Å². The Kier molecular flexibility index (Phi) is 5.05. The van der Waals surface area contributed by atoms with Crippen molar-refractivity contribution in [2.45, 2.75) is 53.2 Å². The molecule has 0 saturated carbocycles. The van der Waals surface area contributed by atoms with Crippen molar-refractivity contribution in [3.8, 4) is 0 Å². The zero-order valence-electron chi connectivity index (χ0n) is 13.6. The summed E-state index contributed by atoms with van der Waals surface area (Å²) >= 11 is 3.42. The van der Waals surface area contributed by atoms with Gasteiger partial charge in [-0.15, -0.1) is 0 Å². The molecule has 0 bridgehead atoms. The van der Waals surface area contributed by atoms with E-state index in [2.05, 4.69) is 31.4 Å². The standard InChI is InChI=1S/C15H22BrN5O/c1-6-20-8-13(10(3)19-20)9(2)18-15(22)12(5)21-11(4)14(16)7-17-21/h7-9,12H,6H2,1-5H3,(H,18,22). The number of halogens is 1. The van der Waals surface area contributed by atoms with Crippen LogP contribution in [0.1, 0.15) is 49.8 Å². The second-order valence-corrected chi connectivity index (χ2v) is 6.31. The fourth-order valence-corrected chi connectivity index (χ4v) is 2.71. The fourth-order valence-electron chi connectivity index (χ4n) is 2.44. The van der Waals surface area contributed by atoms with Gasteiger partial charge in [-0.3, -0.25) is 14.2 Å². The van der Waals surface area contributed by atoms with E-state index in [1.54, 1.807) is 10.9 Å². The van der Waals surface area contributed by atoms with Gasteiger partial charge in [-0.25, -0.2) is 0 Å². The third-order valence-electron chi connectivity index (χ3n) is 3.86. The molecule has 0 aromatic carbocycles. The molecule has 0 spiro atoms. The summed E-state index contributed by atoms with van der Waals surface area (Å²) < 4.78 is 4.50. The van der Waals surface area contributed by atoms with Crippen LogP contribution in [0.15, 0.2) is 16.9 Å². The molecule has 2 unspecified atom stereocenters. The SMILES string of the molecule is CCn1cc(C(C)NC(=O)C(C)n2ncc(Br)c2C)c(C)n1. The first kappa shape index (κ1) is 16.7. The first-order valence-corrected chi connectivity index (χ1v) is 8.18. The Hall–Kier alpha value is -1.63. The predicted molar refractivity (Wildman–Crippen MR) is 88.6 cm³/mol. The number of aromatic nitrogens is 4. The number of carbonyl (C=O) groups is 1. The van der Waals surface area contributed by atoms with Crippen molar-refractivity contribution >= 4 is 21.8 Å². The summed E-state index contributed by atoms with van der Waals surface area (Å²) in [4.78, 5) is 12.5. The predicted octanol–water partition coefficient (Wildman–Crippen LogP) is 2.92. The van der Waals surface area contributed by atoms with Crippen LogP contribution in [0.4, 0.5) is 0 Å². The Bertz CT molecular complexity index is 676. The zero-order valence-corrected chi connectivity index (χ0v) is 15.2. The average molecular weight is 368 g/mol. The Labute approximate surface area is 139 Å². The number of amides is 1. The lowest BCUT2D eigenvalue weighted by atomic mass is 10.1. The maximum absolute atomic E-state index is 12.5. The lowest BCUT2D eigenvalue weighted by Crippen LogP contribution is -2.33. The van der Waals surface area contributed by atoms with E-state index in [9.17, 15) is 4.79 Å². The van der Waals surface area contributed by atoms with Gasteiger partial charge in [-0.1, -0.05) is 0 Å². The Morgan fingerprint density at radius 2 is 2.09 bits per heavy atom. The zero-order chi connectivity index (χ0) is 16.4. The van der Waals surface area contributed by atoms with Crippen LogP contribution in [0.3, 0.4) is 0 Å². The van der Waals surface area contributed by atoms with Gasteiger partial charge in [-0.05, 0) is 50.5 Å². The quantitative estimate of drug-likeness (QED) is 0.883. The molecule has 0 aliphatic carbocycles. The minimum Gasteiger partial charge on any atom is -0.348 e. The van der Waals surface area contributed by atoms with Gasteiger partial charge in [0, 0.05) is 18.3 Å². The van der Waals surface area contributed by atoms with E-state index in [4.69, 9.17) is 0 Å². The van der Waals surface area contributed by atoms with Crippen LogP contribution in [0.25, 0.3) is 0 Å². The normalized spacial score (nSPS) is 13.9. The molecule has 0 aliphatic heterocycles. The molecule has 2 atom stereocenters. The Morgan fingerprint density at radius 3 is 2.59 bits per heavy atom. The van der Waals surface area contributed by atoms with Crippen molar-refractivity contribution in [3.05, 3.63) is 33.8 Å². The molecule has 0 saturated heterocycles. The third-order valence-corrected chi connectivity index (χ3v) is 4.64. The number of carbonyl (C=O) groups excluding carboxylic acids is 1. The second-order valence-electron chi connectivity index (χ2n) is 5.45. The van der Waals surface area contributed by atoms with Crippen molar-refractivity contribution in [1.29, 1.82) is 0 Å². The van der Waals surface area contributed by atoms with Crippen LogP contribution in [-0.4, -0.2) is 25.5 Å². The molecule has 120 valence electrons. The highest BCUT2D eigenvalue weighted by atomic mass is 79.9. The molecule has 1 N–H and O–H groups in total. The van der Waals surface area contributed by atoms with Gasteiger partial charge in [0.1, 0.15) is 6.04 Å². The summed E-state index contributed by atoms with van der Waals surface area (Å²) in [6.45, 7) is 10.6. The minimum atomic E-state index is -0.365. The molecule has 1 amide bonds. The van der Waals surface area contributed by atoms with Gasteiger partial charge < -0.3 is 5.32 Å². The van der Waals surface area contributed by atoms with Crippen LogP contribution in [0.5, 0.6) is 0 Å². The molecule has 2 heterocycles. The molecule has 2 aromatic heterocycles. The molecule has 0 fully saturated rings. The smallest absolute Gasteiger partial charge is 0.245 e. The molecule has 22 heavy (non-hydrogen) atoms. The summed E-state index contributed by atoms with van der Waals surface area (Å²) in [5, 5.41) is 11.7. The summed E-state index contributed by atoms with van der Waals surface area (Å²) in [6.07, 6.45) is 3.69. The number of nitrogens with zero attached hydrogens (tertiary/aromatic N) is 4. The fraction of sp³-hybridized carbons (Fsp3) is 0.533. The number of rotatable bonds is 5. The van der Waals surface area contributed by atoms with Crippen LogP contribution in [-0.2, 0) is 11.3 Å². The Morgan fingerprint density at radius 1 is 1.41 bits per heavy atom. The molecule has 0 aliphatic rings. The summed E-state index contributed by atoms with van der Waals surface area (Å²) in [6, 6.07) is -0.454. The van der Waals surface area contributed by atoms with Crippen molar-refractivity contribution < 1.29 is 4.79 Å². The van der Waals surface area contributed by atoms with Crippen LogP contribution >= 0.6 is 15.9 Å². The summed E-state index contributed by atoms with van der Waals surface area (Å²) in [5.74, 6) is -0.0603. The van der Waals surface area contributed by atoms with Crippen LogP contribution < -0.4 is 5.32 Å². The molecule has 7 heteroatoms. The first-order chi connectivity index (χ1) is 10.3. The third kappa shape index (κ3) is 3.24. The molecule has 0 radical (unpaired) electrons. The second kappa shape index (κ2) is 6.64. The van der Waals surface area contributed by atoms with Crippen molar-refractivity contribution in [2.75, 3.05) is 0 Å². The monoisotopic (exact) mass is 367 g/mol. The highest BCUT2D eigenvalue weighted by Gasteiger charge is 2.22. The number of nitrogens with one attached hydrogen (secondary N) is 1. The number of hydrogen-bond donors (Lipinski definition) is 1. The van der Waals surface area contributed by atoms with E-state index < -0.39 is 0 Å². The van der Waals surface area contributed by atoms with E-state index >= 15 is 0 Å². The maximum Gasteiger partial charge on any atom is 0.245 e. The molecular weight excluding hydrogens is 346 g/mol. The number of hydrogen-bond acceptors (Lipinski definition) is 3. The van der Waals surface area contributed by atoms with Crippen LogP contribution in [0, 0.1) is 13.8 Å². The average Bonchev–Trinajstić information content (AvgIpc) is 3.02. The first-order valence-electron chi connectivity index (χ1n) is 7.39. The largest absolute Gasteiger partial charge is 0.348 e. The molecule has 2 rings (SSSR count). The van der Waals surface area contributed by atoms with E-state index in [0.29, 0.717) is 0 Å². The van der Waals surface area contributed by atoms with Gasteiger partial charge in [0.2, 0.25) is 5.91 Å². The molecule has 6 nitrogen and oxygen atoms in total. The highest BCUT2D eigenvalue weighted by Crippen LogP contribution is 2.20. The van der Waals surface area contributed by atoms with Gasteiger partial charge >= 0.3 is 0 Å². The van der Waals surface area contributed by atoms with Crippen molar-refractivity contribution in [3.63, 3.8) is 0 Å². The van der Waals surface area contributed by atoms with E-state index in [0.717, 1.165) is 28.0 Å².